The van der Waals surface area contributed by atoms with E-state index in [9.17, 15) is 4.79 Å². The standard InChI is InChI=1S/C11H14O/c1-7(2)11-8-3-4-9(11)6-10(12)5-8/h3-4,8-9H,5-6H2,1-2H3. The molecule has 2 bridgehead atoms. The summed E-state index contributed by atoms with van der Waals surface area (Å²) in [5.41, 5.74) is 2.91. The molecule has 64 valence electrons. The quantitative estimate of drug-likeness (QED) is 0.500. The maximum absolute atomic E-state index is 11.2. The van der Waals surface area contributed by atoms with E-state index < -0.39 is 0 Å². The molecule has 1 heteroatoms. The Morgan fingerprint density at radius 2 is 1.75 bits per heavy atom. The Balaban J connectivity index is 2.35. The largest absolute Gasteiger partial charge is 0.300 e. The van der Waals surface area contributed by atoms with Gasteiger partial charge in [-0.3, -0.25) is 4.79 Å². The van der Waals surface area contributed by atoms with Crippen LogP contribution < -0.4 is 0 Å². The van der Waals surface area contributed by atoms with Gasteiger partial charge in [0.05, 0.1) is 0 Å². The molecule has 2 aliphatic carbocycles. The number of ketones is 1. The number of rotatable bonds is 0. The molecule has 0 heterocycles. The second-order valence-electron chi connectivity index (χ2n) is 4.00. The predicted molar refractivity (Wildman–Crippen MR) is 48.7 cm³/mol. The molecule has 2 unspecified atom stereocenters. The van der Waals surface area contributed by atoms with E-state index in [1.807, 2.05) is 0 Å². The number of hydrogen-bond acceptors (Lipinski definition) is 1. The summed E-state index contributed by atoms with van der Waals surface area (Å²) in [4.78, 5) is 11.2. The van der Waals surface area contributed by atoms with Crippen molar-refractivity contribution in [1.82, 2.24) is 0 Å². The van der Waals surface area contributed by atoms with Crippen LogP contribution in [0.4, 0.5) is 0 Å². The lowest BCUT2D eigenvalue weighted by atomic mass is 9.80. The Morgan fingerprint density at radius 1 is 1.25 bits per heavy atom. The summed E-state index contributed by atoms with van der Waals surface area (Å²) in [6.45, 7) is 4.30. The van der Waals surface area contributed by atoms with Crippen LogP contribution in [-0.2, 0) is 4.79 Å². The number of allylic oxidation sites excluding steroid dienone is 4. The Bertz CT molecular complexity index is 259. The predicted octanol–water partition coefficient (Wildman–Crippen LogP) is 2.49. The zero-order chi connectivity index (χ0) is 8.72. The zero-order valence-corrected chi connectivity index (χ0v) is 7.63. The van der Waals surface area contributed by atoms with Crippen molar-refractivity contribution in [2.75, 3.05) is 0 Å². The number of carbonyl (C=O) groups excluding carboxylic acids is 1. The minimum absolute atomic E-state index is 0.431. The maximum atomic E-state index is 11.2. The first kappa shape index (κ1) is 7.78. The summed E-state index contributed by atoms with van der Waals surface area (Å²) in [5, 5.41) is 0. The Labute approximate surface area is 73.2 Å². The van der Waals surface area contributed by atoms with Crippen LogP contribution in [0.2, 0.25) is 0 Å². The second-order valence-corrected chi connectivity index (χ2v) is 4.00. The zero-order valence-electron chi connectivity index (χ0n) is 7.63. The molecule has 0 aromatic heterocycles. The Morgan fingerprint density at radius 3 is 2.17 bits per heavy atom. The number of Topliss-reactive ketones (excluding diaryl/α,β-unsaturated/α-hetero) is 1. The van der Waals surface area contributed by atoms with E-state index in [-0.39, 0.29) is 0 Å². The highest BCUT2D eigenvalue weighted by atomic mass is 16.1. The minimum atomic E-state index is 0.431. The molecular weight excluding hydrogens is 148 g/mol. The summed E-state index contributed by atoms with van der Waals surface area (Å²) in [6.07, 6.45) is 5.90. The van der Waals surface area contributed by atoms with Gasteiger partial charge in [-0.2, -0.15) is 0 Å². The van der Waals surface area contributed by atoms with Gasteiger partial charge in [-0.1, -0.05) is 23.3 Å². The van der Waals surface area contributed by atoms with Crippen molar-refractivity contribution in [2.45, 2.75) is 26.7 Å². The van der Waals surface area contributed by atoms with Gasteiger partial charge in [0.2, 0.25) is 0 Å². The van der Waals surface area contributed by atoms with Gasteiger partial charge in [-0.25, -0.2) is 0 Å². The molecule has 0 aliphatic heterocycles. The first-order chi connectivity index (χ1) is 5.68. The summed E-state index contributed by atoms with van der Waals surface area (Å²) in [7, 11) is 0. The number of carbonyl (C=O) groups is 1. The molecule has 0 aromatic rings. The van der Waals surface area contributed by atoms with Crippen LogP contribution in [0.25, 0.3) is 0 Å². The third-order valence-corrected chi connectivity index (χ3v) is 2.85. The number of fused-ring (bicyclic) bond motifs is 2. The summed E-state index contributed by atoms with van der Waals surface area (Å²) >= 11 is 0. The lowest BCUT2D eigenvalue weighted by molar-refractivity contribution is -0.120. The Kier molecular flexibility index (Phi) is 1.67. The van der Waals surface area contributed by atoms with E-state index in [0.717, 1.165) is 12.8 Å². The lowest BCUT2D eigenvalue weighted by Gasteiger charge is -2.23. The van der Waals surface area contributed by atoms with E-state index in [1.54, 1.807) is 0 Å². The SMILES string of the molecule is CC(C)=C1C2C=CC1CC(=O)C2. The van der Waals surface area contributed by atoms with Crippen LogP contribution in [0.1, 0.15) is 26.7 Å². The molecular formula is C11H14O. The third-order valence-electron chi connectivity index (χ3n) is 2.85. The van der Waals surface area contributed by atoms with Crippen molar-refractivity contribution in [2.24, 2.45) is 11.8 Å². The van der Waals surface area contributed by atoms with Gasteiger partial charge in [-0.05, 0) is 13.8 Å². The fraction of sp³-hybridized carbons (Fsp3) is 0.545. The fourth-order valence-corrected chi connectivity index (χ4v) is 2.42. The molecule has 2 rings (SSSR count). The van der Waals surface area contributed by atoms with Crippen LogP contribution in [0.5, 0.6) is 0 Å². The highest BCUT2D eigenvalue weighted by molar-refractivity contribution is 5.82. The first-order valence-electron chi connectivity index (χ1n) is 4.56. The van der Waals surface area contributed by atoms with Gasteiger partial charge < -0.3 is 0 Å². The van der Waals surface area contributed by atoms with E-state index >= 15 is 0 Å². The Hall–Kier alpha value is -0.850. The fourth-order valence-electron chi connectivity index (χ4n) is 2.42. The van der Waals surface area contributed by atoms with Crippen molar-refractivity contribution in [3.63, 3.8) is 0 Å². The monoisotopic (exact) mass is 162 g/mol. The molecule has 0 spiro atoms. The van der Waals surface area contributed by atoms with Crippen LogP contribution in [0.3, 0.4) is 0 Å². The van der Waals surface area contributed by atoms with Crippen LogP contribution >= 0.6 is 0 Å². The molecule has 0 amide bonds. The molecule has 2 atom stereocenters. The van der Waals surface area contributed by atoms with Crippen molar-refractivity contribution >= 4 is 5.78 Å². The molecule has 12 heavy (non-hydrogen) atoms. The molecule has 0 saturated heterocycles. The van der Waals surface area contributed by atoms with Crippen molar-refractivity contribution in [1.29, 1.82) is 0 Å². The average molecular weight is 162 g/mol. The van der Waals surface area contributed by atoms with E-state index in [2.05, 4.69) is 26.0 Å². The highest BCUT2D eigenvalue weighted by Crippen LogP contribution is 2.41. The summed E-state index contributed by atoms with van der Waals surface area (Å²) < 4.78 is 0. The van der Waals surface area contributed by atoms with E-state index in [0.29, 0.717) is 17.6 Å². The molecule has 0 radical (unpaired) electrons. The lowest BCUT2D eigenvalue weighted by Crippen LogP contribution is -2.19. The van der Waals surface area contributed by atoms with Crippen LogP contribution in [-0.4, -0.2) is 5.78 Å². The van der Waals surface area contributed by atoms with Crippen molar-refractivity contribution in [3.8, 4) is 0 Å². The molecule has 0 N–H and O–H groups in total. The highest BCUT2D eigenvalue weighted by Gasteiger charge is 2.33. The first-order valence-corrected chi connectivity index (χ1v) is 4.56. The smallest absolute Gasteiger partial charge is 0.134 e. The van der Waals surface area contributed by atoms with Gasteiger partial charge in [0.25, 0.3) is 0 Å². The van der Waals surface area contributed by atoms with Gasteiger partial charge >= 0.3 is 0 Å². The van der Waals surface area contributed by atoms with Gasteiger partial charge in [0, 0.05) is 24.7 Å². The van der Waals surface area contributed by atoms with Gasteiger partial charge in [0.1, 0.15) is 5.78 Å². The molecule has 0 aromatic carbocycles. The van der Waals surface area contributed by atoms with Crippen LogP contribution in [0.15, 0.2) is 23.3 Å². The van der Waals surface area contributed by atoms with Gasteiger partial charge in [0.15, 0.2) is 0 Å². The maximum Gasteiger partial charge on any atom is 0.134 e. The molecule has 2 aliphatic rings. The summed E-state index contributed by atoms with van der Waals surface area (Å²) in [5.74, 6) is 1.32. The van der Waals surface area contributed by atoms with E-state index in [1.165, 1.54) is 11.1 Å². The molecule has 1 saturated carbocycles. The third kappa shape index (κ3) is 1.04. The van der Waals surface area contributed by atoms with E-state index in [4.69, 9.17) is 0 Å². The minimum Gasteiger partial charge on any atom is -0.300 e. The summed E-state index contributed by atoms with van der Waals surface area (Å²) in [6, 6.07) is 0. The second kappa shape index (κ2) is 2.58. The topological polar surface area (TPSA) is 17.1 Å². The van der Waals surface area contributed by atoms with Crippen molar-refractivity contribution in [3.05, 3.63) is 23.3 Å². The normalized spacial score (nSPS) is 32.8. The molecule has 1 fully saturated rings. The van der Waals surface area contributed by atoms with Gasteiger partial charge in [-0.15, -0.1) is 0 Å². The number of hydrogen-bond donors (Lipinski definition) is 0. The van der Waals surface area contributed by atoms with Crippen molar-refractivity contribution < 1.29 is 4.79 Å². The molecule has 1 nitrogen and oxygen atoms in total. The van der Waals surface area contributed by atoms with Crippen LogP contribution in [0, 0.1) is 11.8 Å². The average Bonchev–Trinajstić information content (AvgIpc) is 2.24.